The number of hydrogen-bond donors (Lipinski definition) is 1. The van der Waals surface area contributed by atoms with Gasteiger partial charge in [-0.05, 0) is 11.4 Å². The highest BCUT2D eigenvalue weighted by molar-refractivity contribution is 14.2. The maximum Gasteiger partial charge on any atom is 0.282 e. The highest BCUT2D eigenvalue weighted by atomic mass is 127. The van der Waals surface area contributed by atoms with E-state index in [2.05, 4.69) is 5.43 Å². The molecule has 2 unspecified atom stereocenters. The highest BCUT2D eigenvalue weighted by Gasteiger charge is 2.43. The third kappa shape index (κ3) is 1.64. The zero-order valence-electron chi connectivity index (χ0n) is 5.77. The lowest BCUT2D eigenvalue weighted by Gasteiger charge is -1.91. The number of nitrogens with one attached hydrogen (secondary N) is 1. The standard InChI is InChI=1S/C5H5IN2O2S2/c6-12(9,10)8-5(7-8)4-2-1-3-11-4/h1-3,5,7H. The Morgan fingerprint density at radius 2 is 2.42 bits per heavy atom. The molecule has 66 valence electrons. The molecular weight excluding hydrogens is 311 g/mol. The average Bonchev–Trinajstić information content (AvgIpc) is 2.60. The van der Waals surface area contributed by atoms with Crippen molar-refractivity contribution in [1.82, 2.24) is 9.84 Å². The zero-order chi connectivity index (χ0) is 8.77. The minimum atomic E-state index is -3.11. The lowest BCUT2D eigenvalue weighted by atomic mass is 10.4. The number of nitrogens with zero attached hydrogens (tertiary/aromatic N) is 1. The van der Waals surface area contributed by atoms with Crippen LogP contribution in [0.4, 0.5) is 0 Å². The van der Waals surface area contributed by atoms with Crippen LogP contribution in [0.15, 0.2) is 17.5 Å². The Hall–Kier alpha value is 0.300. The Morgan fingerprint density at radius 1 is 1.67 bits per heavy atom. The Labute approximate surface area is 86.2 Å². The molecule has 1 aromatic heterocycles. The van der Waals surface area contributed by atoms with Crippen molar-refractivity contribution in [2.75, 3.05) is 0 Å². The minimum absolute atomic E-state index is 0.133. The predicted octanol–water partition coefficient (Wildman–Crippen LogP) is 1.25. The lowest BCUT2D eigenvalue weighted by molar-refractivity contribution is 0.568. The molecular formula is C5H5IN2O2S2. The molecule has 0 aliphatic carbocycles. The molecule has 7 heteroatoms. The predicted molar refractivity (Wildman–Crippen MR) is 55.0 cm³/mol. The van der Waals surface area contributed by atoms with E-state index in [0.29, 0.717) is 0 Å². The van der Waals surface area contributed by atoms with Gasteiger partial charge in [0.1, 0.15) is 6.17 Å². The van der Waals surface area contributed by atoms with Crippen molar-refractivity contribution in [2.45, 2.75) is 6.17 Å². The fraction of sp³-hybridized carbons (Fsp3) is 0.200. The fourth-order valence-electron chi connectivity index (χ4n) is 0.902. The van der Waals surface area contributed by atoms with Crippen molar-refractivity contribution in [3.8, 4) is 0 Å². The second-order valence-electron chi connectivity index (χ2n) is 2.28. The van der Waals surface area contributed by atoms with Crippen molar-refractivity contribution in [3.05, 3.63) is 22.4 Å². The molecule has 0 saturated carbocycles. The number of hydrogen-bond acceptors (Lipinski definition) is 4. The molecule has 1 fully saturated rings. The van der Waals surface area contributed by atoms with Crippen LogP contribution in [-0.4, -0.2) is 12.8 Å². The summed E-state index contributed by atoms with van der Waals surface area (Å²) in [5.41, 5.74) is 2.76. The third-order valence-electron chi connectivity index (χ3n) is 1.46. The van der Waals surface area contributed by atoms with E-state index < -0.39 is 7.19 Å². The van der Waals surface area contributed by atoms with Gasteiger partial charge in [-0.25, -0.2) is 5.43 Å². The van der Waals surface area contributed by atoms with Gasteiger partial charge in [0.25, 0.3) is 7.19 Å². The van der Waals surface area contributed by atoms with Gasteiger partial charge < -0.3 is 0 Å². The number of thiophene rings is 1. The first-order chi connectivity index (χ1) is 5.59. The molecule has 0 amide bonds. The van der Waals surface area contributed by atoms with Crippen molar-refractivity contribution >= 4 is 39.7 Å². The first kappa shape index (κ1) is 8.88. The topological polar surface area (TPSA) is 59.1 Å². The second kappa shape index (κ2) is 2.91. The van der Waals surface area contributed by atoms with E-state index in [9.17, 15) is 8.42 Å². The molecule has 2 atom stereocenters. The lowest BCUT2D eigenvalue weighted by Crippen LogP contribution is -2.04. The van der Waals surface area contributed by atoms with Gasteiger partial charge in [0, 0.05) is 4.88 Å². The van der Waals surface area contributed by atoms with Gasteiger partial charge in [0.05, 0.1) is 21.2 Å². The molecule has 1 aromatic rings. The molecule has 1 aliphatic heterocycles. The summed E-state index contributed by atoms with van der Waals surface area (Å²) in [6.07, 6.45) is -0.133. The fourth-order valence-corrected chi connectivity index (χ4v) is 3.34. The van der Waals surface area contributed by atoms with Crippen LogP contribution in [0.5, 0.6) is 0 Å². The SMILES string of the molecule is O=S(=O)(I)N1NC1c1cccs1. The molecule has 1 saturated heterocycles. The third-order valence-corrected chi connectivity index (χ3v) is 4.45. The quantitative estimate of drug-likeness (QED) is 0.507. The van der Waals surface area contributed by atoms with Crippen LogP contribution in [-0.2, 0) is 7.19 Å². The maximum atomic E-state index is 11.0. The largest absolute Gasteiger partial charge is 0.282 e. The van der Waals surface area contributed by atoms with Crippen LogP contribution in [0, 0.1) is 0 Å². The molecule has 0 radical (unpaired) electrons. The Kier molecular flexibility index (Phi) is 2.15. The smallest absolute Gasteiger partial charge is 0.214 e. The van der Waals surface area contributed by atoms with Crippen LogP contribution in [0.2, 0.25) is 0 Å². The van der Waals surface area contributed by atoms with Crippen molar-refractivity contribution in [2.24, 2.45) is 0 Å². The molecule has 2 rings (SSSR count). The maximum absolute atomic E-state index is 11.0. The van der Waals surface area contributed by atoms with Gasteiger partial charge in [-0.2, -0.15) is 8.42 Å². The van der Waals surface area contributed by atoms with Crippen LogP contribution >= 0.6 is 32.5 Å². The summed E-state index contributed by atoms with van der Waals surface area (Å²) in [6.45, 7) is 0. The monoisotopic (exact) mass is 316 g/mol. The number of halogens is 1. The molecule has 0 spiro atoms. The molecule has 0 bridgehead atoms. The van der Waals surface area contributed by atoms with Gasteiger partial charge in [-0.1, -0.05) is 6.07 Å². The van der Waals surface area contributed by atoms with Gasteiger partial charge in [0.2, 0.25) is 0 Å². The van der Waals surface area contributed by atoms with Crippen molar-refractivity contribution in [3.63, 3.8) is 0 Å². The Balaban J connectivity index is 2.16. The van der Waals surface area contributed by atoms with E-state index in [-0.39, 0.29) is 6.17 Å². The van der Waals surface area contributed by atoms with Crippen molar-refractivity contribution in [1.29, 1.82) is 0 Å². The van der Waals surface area contributed by atoms with E-state index in [1.807, 2.05) is 17.5 Å². The molecule has 2 heterocycles. The van der Waals surface area contributed by atoms with E-state index in [4.69, 9.17) is 0 Å². The van der Waals surface area contributed by atoms with E-state index in [1.54, 1.807) is 11.3 Å². The summed E-state index contributed by atoms with van der Waals surface area (Å²) >= 11 is 2.95. The summed E-state index contributed by atoms with van der Waals surface area (Å²) in [5, 5.41) is 1.92. The Bertz CT molecular complexity index is 374. The molecule has 1 N–H and O–H groups in total. The summed E-state index contributed by atoms with van der Waals surface area (Å²) in [6, 6.07) is 3.81. The van der Waals surface area contributed by atoms with Crippen molar-refractivity contribution < 1.29 is 8.42 Å². The van der Waals surface area contributed by atoms with Crippen LogP contribution in [0.25, 0.3) is 0 Å². The summed E-state index contributed by atoms with van der Waals surface area (Å²) in [4.78, 5) is 1.02. The molecule has 4 nitrogen and oxygen atoms in total. The van der Waals surface area contributed by atoms with E-state index in [0.717, 1.165) is 4.88 Å². The summed E-state index contributed by atoms with van der Waals surface area (Å²) in [5.74, 6) is 0. The van der Waals surface area contributed by atoms with Gasteiger partial charge in [-0.15, -0.1) is 15.8 Å². The first-order valence-electron chi connectivity index (χ1n) is 3.12. The normalized spacial score (nSPS) is 28.8. The summed E-state index contributed by atoms with van der Waals surface area (Å²) < 4.78 is 23.1. The molecule has 0 aromatic carbocycles. The van der Waals surface area contributed by atoms with Gasteiger partial charge in [-0.3, -0.25) is 0 Å². The average molecular weight is 316 g/mol. The van der Waals surface area contributed by atoms with Crippen LogP contribution < -0.4 is 5.43 Å². The minimum Gasteiger partial charge on any atom is -0.214 e. The van der Waals surface area contributed by atoms with Crippen LogP contribution in [0.1, 0.15) is 11.0 Å². The summed E-state index contributed by atoms with van der Waals surface area (Å²) in [7, 11) is -3.11. The van der Waals surface area contributed by atoms with E-state index in [1.165, 1.54) is 25.6 Å². The highest BCUT2D eigenvalue weighted by Crippen LogP contribution is 2.35. The Morgan fingerprint density at radius 3 is 2.83 bits per heavy atom. The zero-order valence-corrected chi connectivity index (χ0v) is 9.56. The number of rotatable bonds is 2. The number of hydrazine groups is 1. The van der Waals surface area contributed by atoms with E-state index >= 15 is 0 Å². The second-order valence-corrected chi connectivity index (χ2v) is 7.82. The van der Waals surface area contributed by atoms with Crippen LogP contribution in [0.3, 0.4) is 0 Å². The van der Waals surface area contributed by atoms with Gasteiger partial charge >= 0.3 is 0 Å². The molecule has 1 aliphatic rings. The first-order valence-corrected chi connectivity index (χ1v) is 7.99. The van der Waals surface area contributed by atoms with Gasteiger partial charge in [0.15, 0.2) is 0 Å². The molecule has 12 heavy (non-hydrogen) atoms.